The van der Waals surface area contributed by atoms with Gasteiger partial charge < -0.3 is 10.5 Å². The highest BCUT2D eigenvalue weighted by Gasteiger charge is 2.19. The predicted octanol–water partition coefficient (Wildman–Crippen LogP) is -0.423. The Morgan fingerprint density at radius 2 is 2.50 bits per heavy atom. The SMILES string of the molecule is CN=S(N)(=O)C(=CN)C1=NCCCO1. The predicted molar refractivity (Wildman–Crippen MR) is 55.8 cm³/mol. The molecule has 0 amide bonds. The number of nitrogens with two attached hydrogens (primary N) is 2. The summed E-state index contributed by atoms with van der Waals surface area (Å²) in [6.45, 7) is 1.17. The summed E-state index contributed by atoms with van der Waals surface area (Å²) in [5.41, 5.74) is 5.32. The first kappa shape index (κ1) is 11.0. The summed E-state index contributed by atoms with van der Waals surface area (Å²) in [5, 5.41) is 5.45. The Balaban J connectivity index is 3.06. The molecule has 1 heterocycles. The minimum Gasteiger partial charge on any atom is -0.477 e. The molecule has 0 aromatic carbocycles. The fourth-order valence-corrected chi connectivity index (χ4v) is 1.77. The Morgan fingerprint density at radius 1 is 1.79 bits per heavy atom. The lowest BCUT2D eigenvalue weighted by molar-refractivity contribution is 0.284. The Morgan fingerprint density at radius 3 is 2.93 bits per heavy atom. The maximum Gasteiger partial charge on any atom is 0.229 e. The molecule has 0 radical (unpaired) electrons. The molecule has 0 saturated heterocycles. The van der Waals surface area contributed by atoms with Crippen molar-refractivity contribution < 1.29 is 8.95 Å². The van der Waals surface area contributed by atoms with Gasteiger partial charge in [-0.05, 0) is 0 Å². The number of hydrogen-bond acceptors (Lipinski definition) is 5. The zero-order valence-electron chi connectivity index (χ0n) is 7.97. The van der Waals surface area contributed by atoms with Gasteiger partial charge in [0.25, 0.3) is 0 Å². The van der Waals surface area contributed by atoms with Gasteiger partial charge in [0.2, 0.25) is 5.90 Å². The third-order valence-corrected chi connectivity index (χ3v) is 3.23. The molecule has 14 heavy (non-hydrogen) atoms. The molecule has 80 valence electrons. The standard InChI is InChI=1S/C7H14N4O2S/c1-10-14(9,12)6(5-8)7-11-3-2-4-13-7/h5H,2-4,8H2,1H3,(H2,9,10,12). The summed E-state index contributed by atoms with van der Waals surface area (Å²) in [6, 6.07) is 0. The van der Waals surface area contributed by atoms with E-state index in [0.29, 0.717) is 13.2 Å². The highest BCUT2D eigenvalue weighted by Crippen LogP contribution is 2.11. The van der Waals surface area contributed by atoms with Gasteiger partial charge in [0.15, 0.2) is 0 Å². The van der Waals surface area contributed by atoms with Crippen LogP contribution in [0.1, 0.15) is 6.42 Å². The molecule has 1 atom stereocenters. The Bertz CT molecular complexity index is 379. The van der Waals surface area contributed by atoms with Crippen LogP contribution in [0.25, 0.3) is 0 Å². The molecule has 7 heteroatoms. The van der Waals surface area contributed by atoms with Gasteiger partial charge in [0.05, 0.1) is 6.61 Å². The number of hydrogen-bond donors (Lipinski definition) is 2. The van der Waals surface area contributed by atoms with Crippen LogP contribution in [0.5, 0.6) is 0 Å². The van der Waals surface area contributed by atoms with Gasteiger partial charge in [0.1, 0.15) is 14.8 Å². The zero-order valence-corrected chi connectivity index (χ0v) is 8.79. The molecule has 0 saturated carbocycles. The number of aliphatic imine (C=N–C) groups is 1. The van der Waals surface area contributed by atoms with E-state index in [-0.39, 0.29) is 10.8 Å². The second-order valence-corrected chi connectivity index (χ2v) is 4.61. The summed E-state index contributed by atoms with van der Waals surface area (Å²) in [5.74, 6) is 0.247. The monoisotopic (exact) mass is 218 g/mol. The second-order valence-electron chi connectivity index (χ2n) is 2.67. The van der Waals surface area contributed by atoms with Crippen molar-refractivity contribution in [2.75, 3.05) is 20.2 Å². The molecule has 0 aromatic rings. The van der Waals surface area contributed by atoms with E-state index in [0.717, 1.165) is 12.6 Å². The highest BCUT2D eigenvalue weighted by atomic mass is 32.2. The molecule has 4 N–H and O–H groups in total. The lowest BCUT2D eigenvalue weighted by Crippen LogP contribution is -2.26. The topological polar surface area (TPSA) is 103 Å². The molecule has 0 aliphatic carbocycles. The first-order valence-corrected chi connectivity index (χ1v) is 5.72. The fourth-order valence-electron chi connectivity index (χ4n) is 1.00. The minimum absolute atomic E-state index is 0.166. The van der Waals surface area contributed by atoms with Gasteiger partial charge in [0, 0.05) is 26.2 Å². The molecule has 0 aromatic heterocycles. The van der Waals surface area contributed by atoms with E-state index in [4.69, 9.17) is 15.6 Å². The lowest BCUT2D eigenvalue weighted by atomic mass is 10.4. The summed E-state index contributed by atoms with van der Waals surface area (Å²) < 4.78 is 20.5. The van der Waals surface area contributed by atoms with Gasteiger partial charge in [-0.15, -0.1) is 0 Å². The van der Waals surface area contributed by atoms with Crippen molar-refractivity contribution in [3.8, 4) is 0 Å². The van der Waals surface area contributed by atoms with Crippen LogP contribution >= 0.6 is 0 Å². The van der Waals surface area contributed by atoms with E-state index in [2.05, 4.69) is 9.36 Å². The average Bonchev–Trinajstić information content (AvgIpc) is 2.20. The van der Waals surface area contributed by atoms with Crippen LogP contribution in [0.4, 0.5) is 0 Å². The van der Waals surface area contributed by atoms with Crippen LogP contribution in [-0.2, 0) is 14.7 Å². The van der Waals surface area contributed by atoms with Crippen LogP contribution in [0.15, 0.2) is 20.5 Å². The Hall–Kier alpha value is -1.08. The average molecular weight is 218 g/mol. The largest absolute Gasteiger partial charge is 0.477 e. The summed E-state index contributed by atoms with van der Waals surface area (Å²) in [7, 11) is -1.58. The number of ether oxygens (including phenoxy) is 1. The number of rotatable bonds is 2. The molecule has 6 nitrogen and oxygen atoms in total. The van der Waals surface area contributed by atoms with Crippen molar-refractivity contribution in [2.45, 2.75) is 6.42 Å². The maximum atomic E-state index is 11.7. The molecule has 0 bridgehead atoms. The van der Waals surface area contributed by atoms with Gasteiger partial charge in [-0.2, -0.15) is 0 Å². The van der Waals surface area contributed by atoms with Gasteiger partial charge >= 0.3 is 0 Å². The third-order valence-electron chi connectivity index (χ3n) is 1.75. The van der Waals surface area contributed by atoms with Crippen LogP contribution < -0.4 is 10.9 Å². The van der Waals surface area contributed by atoms with Crippen LogP contribution in [-0.4, -0.2) is 30.3 Å². The quantitative estimate of drug-likeness (QED) is 0.657. The molecule has 0 fully saturated rings. The van der Waals surface area contributed by atoms with Crippen molar-refractivity contribution >= 4 is 15.8 Å². The Kier molecular flexibility index (Phi) is 3.48. The number of nitrogens with zero attached hydrogens (tertiary/aromatic N) is 2. The molecule has 1 unspecified atom stereocenters. The molecule has 1 aliphatic rings. The van der Waals surface area contributed by atoms with E-state index < -0.39 is 9.92 Å². The van der Waals surface area contributed by atoms with Crippen LogP contribution in [0, 0.1) is 0 Å². The van der Waals surface area contributed by atoms with Crippen molar-refractivity contribution in [1.82, 2.24) is 0 Å². The van der Waals surface area contributed by atoms with E-state index in [1.807, 2.05) is 0 Å². The fraction of sp³-hybridized carbons (Fsp3) is 0.571. The third kappa shape index (κ3) is 2.24. The van der Waals surface area contributed by atoms with E-state index in [9.17, 15) is 4.21 Å². The van der Waals surface area contributed by atoms with Crippen LogP contribution in [0.3, 0.4) is 0 Å². The first-order chi connectivity index (χ1) is 6.61. The summed E-state index contributed by atoms with van der Waals surface area (Å²) in [6.07, 6.45) is 1.98. The molecular formula is C7H14N4O2S. The summed E-state index contributed by atoms with van der Waals surface area (Å²) in [4.78, 5) is 4.21. The maximum absolute atomic E-state index is 11.7. The second kappa shape index (κ2) is 4.43. The van der Waals surface area contributed by atoms with Gasteiger partial charge in [-0.25, -0.2) is 13.7 Å². The van der Waals surface area contributed by atoms with Crippen molar-refractivity contribution in [3.05, 3.63) is 11.1 Å². The van der Waals surface area contributed by atoms with Crippen LogP contribution in [0.2, 0.25) is 0 Å². The highest BCUT2D eigenvalue weighted by molar-refractivity contribution is 7.96. The van der Waals surface area contributed by atoms with E-state index in [1.54, 1.807) is 0 Å². The van der Waals surface area contributed by atoms with Crippen molar-refractivity contribution in [1.29, 1.82) is 0 Å². The normalized spacial score (nSPS) is 21.9. The molecular weight excluding hydrogens is 204 g/mol. The minimum atomic E-state index is -2.95. The van der Waals surface area contributed by atoms with Crippen molar-refractivity contribution in [3.63, 3.8) is 0 Å². The first-order valence-electron chi connectivity index (χ1n) is 4.14. The van der Waals surface area contributed by atoms with E-state index >= 15 is 0 Å². The molecule has 1 aliphatic heterocycles. The molecule has 0 spiro atoms. The Labute approximate surface area is 83.3 Å². The lowest BCUT2D eigenvalue weighted by Gasteiger charge is -2.16. The van der Waals surface area contributed by atoms with Gasteiger partial charge in [-0.3, -0.25) is 4.99 Å². The molecule has 1 rings (SSSR count). The van der Waals surface area contributed by atoms with Crippen molar-refractivity contribution in [2.24, 2.45) is 20.2 Å². The smallest absolute Gasteiger partial charge is 0.229 e. The zero-order chi connectivity index (χ0) is 10.6. The van der Waals surface area contributed by atoms with E-state index in [1.165, 1.54) is 7.05 Å². The van der Waals surface area contributed by atoms with Gasteiger partial charge in [-0.1, -0.05) is 0 Å². The summed E-state index contributed by atoms with van der Waals surface area (Å²) >= 11 is 0.